The molecule has 0 saturated heterocycles. The number of nitrogens with zero attached hydrogens (tertiary/aromatic N) is 1. The second-order valence-electron chi connectivity index (χ2n) is 3.13. The first-order valence-corrected chi connectivity index (χ1v) is 5.48. The maximum Gasteiger partial charge on any atom is 0.339 e. The number of thiazole rings is 1. The lowest BCUT2D eigenvalue weighted by atomic mass is 10.1. The average Bonchev–Trinajstić information content (AvgIpc) is 2.82. The molecule has 16 heavy (non-hydrogen) atoms. The predicted octanol–water partition coefficient (Wildman–Crippen LogP) is 2.18. The third-order valence-corrected chi connectivity index (χ3v) is 2.96. The van der Waals surface area contributed by atoms with Gasteiger partial charge in [-0.1, -0.05) is 0 Å². The molecule has 0 radical (unpaired) electrons. The molecule has 0 aliphatic heterocycles. The Labute approximate surface area is 96.7 Å². The first-order valence-electron chi connectivity index (χ1n) is 4.60. The minimum absolute atomic E-state index is 0.371. The number of methoxy groups -OCH3 is 1. The zero-order valence-electron chi connectivity index (χ0n) is 8.64. The number of esters is 1. The fourth-order valence-corrected chi connectivity index (χ4v) is 1.98. The maximum atomic E-state index is 11.4. The summed E-state index contributed by atoms with van der Waals surface area (Å²) < 4.78 is 4.65. The van der Waals surface area contributed by atoms with Crippen LogP contribution >= 0.6 is 11.3 Å². The molecule has 2 aromatic rings. The summed E-state index contributed by atoms with van der Waals surface area (Å²) in [5.41, 5.74) is 7.35. The van der Waals surface area contributed by atoms with Gasteiger partial charge in [-0.05, 0) is 18.2 Å². The molecular weight excluding hydrogens is 224 g/mol. The van der Waals surface area contributed by atoms with Gasteiger partial charge in [-0.2, -0.15) is 0 Å². The van der Waals surface area contributed by atoms with E-state index >= 15 is 0 Å². The molecular formula is C11H10N2O2S. The number of hydrogen-bond donors (Lipinski definition) is 1. The fraction of sp³-hybridized carbons (Fsp3) is 0.0909. The van der Waals surface area contributed by atoms with Crippen molar-refractivity contribution in [3.63, 3.8) is 0 Å². The van der Waals surface area contributed by atoms with Gasteiger partial charge in [0.05, 0.1) is 12.7 Å². The number of anilines is 1. The van der Waals surface area contributed by atoms with Gasteiger partial charge in [0.15, 0.2) is 0 Å². The molecule has 0 atom stereocenters. The van der Waals surface area contributed by atoms with E-state index in [1.165, 1.54) is 18.4 Å². The molecule has 0 aliphatic carbocycles. The molecule has 0 fully saturated rings. The van der Waals surface area contributed by atoms with Crippen LogP contribution in [-0.2, 0) is 4.74 Å². The Morgan fingerprint density at radius 1 is 1.50 bits per heavy atom. The van der Waals surface area contributed by atoms with Crippen molar-refractivity contribution in [1.29, 1.82) is 0 Å². The Bertz CT molecular complexity index is 509. The maximum absolute atomic E-state index is 11.4. The summed E-state index contributed by atoms with van der Waals surface area (Å²) in [6.45, 7) is 0. The normalized spacial score (nSPS) is 10.1. The third-order valence-electron chi connectivity index (χ3n) is 2.14. The number of ether oxygens (including phenoxy) is 1. The molecule has 1 heterocycles. The van der Waals surface area contributed by atoms with Gasteiger partial charge in [0.1, 0.15) is 5.01 Å². The van der Waals surface area contributed by atoms with Crippen molar-refractivity contribution in [2.75, 3.05) is 12.8 Å². The highest BCUT2D eigenvalue weighted by atomic mass is 32.1. The molecule has 82 valence electrons. The summed E-state index contributed by atoms with van der Waals surface area (Å²) in [7, 11) is 1.33. The lowest BCUT2D eigenvalue weighted by Gasteiger charge is -2.05. The van der Waals surface area contributed by atoms with Crippen LogP contribution in [0.1, 0.15) is 10.4 Å². The molecule has 1 aromatic carbocycles. The van der Waals surface area contributed by atoms with E-state index in [-0.39, 0.29) is 0 Å². The summed E-state index contributed by atoms with van der Waals surface area (Å²) in [4.78, 5) is 15.6. The van der Waals surface area contributed by atoms with Crippen LogP contribution in [0.3, 0.4) is 0 Å². The van der Waals surface area contributed by atoms with Crippen LogP contribution in [0.15, 0.2) is 29.8 Å². The Hall–Kier alpha value is -1.88. The molecule has 2 N–H and O–H groups in total. The standard InChI is InChI=1S/C11H10N2O2S/c1-15-11(14)8-6-7(2-3-9(8)12)10-13-4-5-16-10/h2-6H,12H2,1H3. The SMILES string of the molecule is COC(=O)c1cc(-c2nccs2)ccc1N. The van der Waals surface area contributed by atoms with E-state index in [0.29, 0.717) is 11.3 Å². The smallest absolute Gasteiger partial charge is 0.339 e. The van der Waals surface area contributed by atoms with Crippen molar-refractivity contribution in [2.24, 2.45) is 0 Å². The summed E-state index contributed by atoms with van der Waals surface area (Å²) in [6, 6.07) is 5.21. The second-order valence-corrected chi connectivity index (χ2v) is 4.03. The highest BCUT2D eigenvalue weighted by Gasteiger charge is 2.12. The van der Waals surface area contributed by atoms with Gasteiger partial charge >= 0.3 is 5.97 Å². The number of aromatic nitrogens is 1. The minimum Gasteiger partial charge on any atom is -0.465 e. The van der Waals surface area contributed by atoms with Crippen molar-refractivity contribution >= 4 is 23.0 Å². The first kappa shape index (κ1) is 10.6. The summed E-state index contributed by atoms with van der Waals surface area (Å²) in [6.07, 6.45) is 1.72. The average molecular weight is 234 g/mol. The molecule has 0 saturated carbocycles. The molecule has 0 bridgehead atoms. The molecule has 0 aliphatic rings. The van der Waals surface area contributed by atoms with Crippen LogP contribution in [0, 0.1) is 0 Å². The molecule has 4 nitrogen and oxygen atoms in total. The number of rotatable bonds is 2. The predicted molar refractivity (Wildman–Crippen MR) is 63.3 cm³/mol. The molecule has 0 unspecified atom stereocenters. The van der Waals surface area contributed by atoms with Crippen molar-refractivity contribution in [1.82, 2.24) is 4.98 Å². The number of nitrogen functional groups attached to an aromatic ring is 1. The zero-order chi connectivity index (χ0) is 11.5. The van der Waals surface area contributed by atoms with Gasteiger partial charge in [0.25, 0.3) is 0 Å². The molecule has 0 amide bonds. The van der Waals surface area contributed by atoms with E-state index < -0.39 is 5.97 Å². The number of carbonyl (C=O) groups excluding carboxylic acids is 1. The van der Waals surface area contributed by atoms with E-state index in [0.717, 1.165) is 10.6 Å². The van der Waals surface area contributed by atoms with Gasteiger partial charge in [0.2, 0.25) is 0 Å². The molecule has 2 rings (SSSR count). The first-order chi connectivity index (χ1) is 7.72. The van der Waals surface area contributed by atoms with Gasteiger partial charge < -0.3 is 10.5 Å². The lowest BCUT2D eigenvalue weighted by molar-refractivity contribution is 0.0602. The van der Waals surface area contributed by atoms with Gasteiger partial charge in [0, 0.05) is 22.8 Å². The highest BCUT2D eigenvalue weighted by molar-refractivity contribution is 7.13. The Kier molecular flexibility index (Phi) is 2.87. The van der Waals surface area contributed by atoms with E-state index in [2.05, 4.69) is 9.72 Å². The van der Waals surface area contributed by atoms with E-state index in [4.69, 9.17) is 5.73 Å². The number of hydrogen-bond acceptors (Lipinski definition) is 5. The van der Waals surface area contributed by atoms with Crippen LogP contribution < -0.4 is 5.73 Å². The Morgan fingerprint density at radius 3 is 2.94 bits per heavy atom. The van der Waals surface area contributed by atoms with Gasteiger partial charge in [-0.25, -0.2) is 9.78 Å². The van der Waals surface area contributed by atoms with Crippen molar-refractivity contribution in [3.05, 3.63) is 35.3 Å². The molecule has 5 heteroatoms. The van der Waals surface area contributed by atoms with Crippen LogP contribution in [-0.4, -0.2) is 18.1 Å². The summed E-state index contributed by atoms with van der Waals surface area (Å²) in [5.74, 6) is -0.434. The number of benzene rings is 1. The quantitative estimate of drug-likeness (QED) is 0.639. The van der Waals surface area contributed by atoms with E-state index in [1.807, 2.05) is 11.4 Å². The summed E-state index contributed by atoms with van der Waals surface area (Å²) >= 11 is 1.51. The van der Waals surface area contributed by atoms with E-state index in [1.54, 1.807) is 18.3 Å². The minimum atomic E-state index is -0.434. The topological polar surface area (TPSA) is 65.2 Å². The number of nitrogens with two attached hydrogens (primary N) is 1. The lowest BCUT2D eigenvalue weighted by Crippen LogP contribution is -2.05. The molecule has 0 spiro atoms. The highest BCUT2D eigenvalue weighted by Crippen LogP contribution is 2.25. The number of carbonyl (C=O) groups is 1. The van der Waals surface area contributed by atoms with Crippen molar-refractivity contribution in [3.8, 4) is 10.6 Å². The van der Waals surface area contributed by atoms with Crippen molar-refractivity contribution in [2.45, 2.75) is 0 Å². The fourth-order valence-electron chi connectivity index (χ4n) is 1.34. The van der Waals surface area contributed by atoms with Crippen LogP contribution in [0.25, 0.3) is 10.6 Å². The summed E-state index contributed by atoms with van der Waals surface area (Å²) in [5, 5.41) is 2.73. The third kappa shape index (κ3) is 1.90. The van der Waals surface area contributed by atoms with Crippen molar-refractivity contribution < 1.29 is 9.53 Å². The van der Waals surface area contributed by atoms with Crippen LogP contribution in [0.2, 0.25) is 0 Å². The van der Waals surface area contributed by atoms with E-state index in [9.17, 15) is 4.79 Å². The Morgan fingerprint density at radius 2 is 2.31 bits per heavy atom. The van der Waals surface area contributed by atoms with Gasteiger partial charge in [-0.15, -0.1) is 11.3 Å². The van der Waals surface area contributed by atoms with Crippen LogP contribution in [0.5, 0.6) is 0 Å². The Balaban J connectivity index is 2.47. The zero-order valence-corrected chi connectivity index (χ0v) is 9.45. The largest absolute Gasteiger partial charge is 0.465 e. The monoisotopic (exact) mass is 234 g/mol. The van der Waals surface area contributed by atoms with Crippen LogP contribution in [0.4, 0.5) is 5.69 Å². The van der Waals surface area contributed by atoms with Gasteiger partial charge in [-0.3, -0.25) is 0 Å². The molecule has 1 aromatic heterocycles. The second kappa shape index (κ2) is 4.32.